The third-order valence-electron chi connectivity index (χ3n) is 1.33. The van der Waals surface area contributed by atoms with Gasteiger partial charge in [0.25, 0.3) is 0 Å². The molecule has 1 aromatic carbocycles. The van der Waals surface area contributed by atoms with Gasteiger partial charge in [0.2, 0.25) is 0 Å². The monoisotopic (exact) mass is 199 g/mol. The molecule has 0 saturated carbocycles. The second kappa shape index (κ2) is 4.01. The van der Waals surface area contributed by atoms with E-state index in [0.29, 0.717) is 0 Å². The van der Waals surface area contributed by atoms with Gasteiger partial charge in [-0.25, -0.2) is 8.78 Å². The fraction of sp³-hybridized carbons (Fsp3) is 0. The molecule has 0 saturated heterocycles. The molecule has 0 aliphatic carbocycles. The van der Waals surface area contributed by atoms with E-state index in [2.05, 4.69) is 0 Å². The molecule has 4 heteroatoms. The van der Waals surface area contributed by atoms with Crippen LogP contribution in [-0.4, -0.2) is 0 Å². The lowest BCUT2D eigenvalue weighted by molar-refractivity contribution is 0.582. The average molecular weight is 200 g/mol. The first-order chi connectivity index (χ1) is 6.13. The van der Waals surface area contributed by atoms with Crippen molar-refractivity contribution < 1.29 is 8.78 Å². The second-order valence-electron chi connectivity index (χ2n) is 2.28. The molecule has 0 atom stereocenters. The average Bonchev–Trinajstić information content (AvgIpc) is 2.03. The molecule has 1 rings (SSSR count). The van der Waals surface area contributed by atoms with Crippen molar-refractivity contribution in [3.8, 4) is 6.07 Å². The summed E-state index contributed by atoms with van der Waals surface area (Å²) in [5.41, 5.74) is 0.153. The summed E-state index contributed by atoms with van der Waals surface area (Å²) in [5, 5.41) is 8.25. The van der Waals surface area contributed by atoms with E-state index in [1.807, 2.05) is 0 Å². The van der Waals surface area contributed by atoms with Gasteiger partial charge >= 0.3 is 0 Å². The fourth-order valence-electron chi connectivity index (χ4n) is 0.832. The minimum atomic E-state index is -0.723. The smallest absolute Gasteiger partial charge is 0.126 e. The van der Waals surface area contributed by atoms with E-state index in [-0.39, 0.29) is 10.6 Å². The van der Waals surface area contributed by atoms with E-state index in [4.69, 9.17) is 16.9 Å². The zero-order valence-corrected chi connectivity index (χ0v) is 7.15. The van der Waals surface area contributed by atoms with Crippen LogP contribution in [0.25, 0.3) is 5.03 Å². The highest BCUT2D eigenvalue weighted by molar-refractivity contribution is 6.48. The first-order valence-electron chi connectivity index (χ1n) is 3.35. The van der Waals surface area contributed by atoms with Crippen LogP contribution in [0.4, 0.5) is 8.78 Å². The maximum Gasteiger partial charge on any atom is 0.126 e. The lowest BCUT2D eigenvalue weighted by Gasteiger charge is -1.98. The molecule has 1 nitrogen and oxygen atoms in total. The highest BCUT2D eigenvalue weighted by Crippen LogP contribution is 2.20. The first-order valence-corrected chi connectivity index (χ1v) is 3.73. The van der Waals surface area contributed by atoms with Gasteiger partial charge in [0.15, 0.2) is 0 Å². The minimum Gasteiger partial charge on any atom is -0.207 e. The Bertz CT molecular complexity index is 373. The van der Waals surface area contributed by atoms with Crippen molar-refractivity contribution >= 4 is 16.6 Å². The van der Waals surface area contributed by atoms with E-state index in [1.54, 1.807) is 6.07 Å². The Kier molecular flexibility index (Phi) is 2.99. The first kappa shape index (κ1) is 9.69. The molecule has 1 aromatic rings. The molecule has 0 amide bonds. The third-order valence-corrected chi connectivity index (χ3v) is 1.66. The van der Waals surface area contributed by atoms with Crippen molar-refractivity contribution in [2.75, 3.05) is 0 Å². The maximum absolute atomic E-state index is 12.6. The minimum absolute atomic E-state index is 0.0147. The van der Waals surface area contributed by atoms with Gasteiger partial charge in [-0.1, -0.05) is 11.6 Å². The molecule has 13 heavy (non-hydrogen) atoms. The molecule has 0 radical (unpaired) electrons. The molecule has 0 aliphatic heterocycles. The van der Waals surface area contributed by atoms with E-state index >= 15 is 0 Å². The summed E-state index contributed by atoms with van der Waals surface area (Å²) in [4.78, 5) is 0. The Morgan fingerprint density at radius 2 is 1.85 bits per heavy atom. The van der Waals surface area contributed by atoms with Gasteiger partial charge in [0, 0.05) is 12.1 Å². The summed E-state index contributed by atoms with van der Waals surface area (Å²) in [6.07, 6.45) is 1.01. The summed E-state index contributed by atoms with van der Waals surface area (Å²) >= 11 is 5.56. The highest BCUT2D eigenvalue weighted by atomic mass is 35.5. The zero-order chi connectivity index (χ0) is 9.84. The lowest BCUT2D eigenvalue weighted by atomic mass is 10.2. The van der Waals surface area contributed by atoms with Crippen molar-refractivity contribution in [3.63, 3.8) is 0 Å². The molecule has 0 spiro atoms. The molecule has 0 aromatic heterocycles. The standard InChI is InChI=1S/C9H4ClF2N/c10-9(1-2-13)6-3-7(11)5-8(12)4-6/h1,3-5H. The van der Waals surface area contributed by atoms with Crippen LogP contribution in [0.2, 0.25) is 0 Å². The number of benzene rings is 1. The molecule has 66 valence electrons. The number of nitrogens with zero attached hydrogens (tertiary/aromatic N) is 1. The Morgan fingerprint density at radius 3 is 2.31 bits per heavy atom. The normalized spacial score (nSPS) is 11.1. The molecule has 0 fully saturated rings. The van der Waals surface area contributed by atoms with E-state index in [0.717, 1.165) is 24.3 Å². The van der Waals surface area contributed by atoms with E-state index in [1.165, 1.54) is 0 Å². The van der Waals surface area contributed by atoms with Gasteiger partial charge in [0.1, 0.15) is 11.6 Å². The van der Waals surface area contributed by atoms with E-state index in [9.17, 15) is 8.78 Å². The van der Waals surface area contributed by atoms with Gasteiger partial charge in [-0.2, -0.15) is 5.26 Å². The fourth-order valence-corrected chi connectivity index (χ4v) is 0.990. The number of hydrogen-bond donors (Lipinski definition) is 0. The van der Waals surface area contributed by atoms with Crippen LogP contribution >= 0.6 is 11.6 Å². The van der Waals surface area contributed by atoms with Crippen LogP contribution in [0.3, 0.4) is 0 Å². The van der Waals surface area contributed by atoms with Crippen molar-refractivity contribution in [3.05, 3.63) is 41.5 Å². The van der Waals surface area contributed by atoms with Crippen LogP contribution in [0.15, 0.2) is 24.3 Å². The number of nitriles is 1. The van der Waals surface area contributed by atoms with E-state index < -0.39 is 11.6 Å². The molecule has 0 aliphatic rings. The maximum atomic E-state index is 12.6. The van der Waals surface area contributed by atoms with Crippen molar-refractivity contribution in [2.24, 2.45) is 0 Å². The van der Waals surface area contributed by atoms with Gasteiger partial charge < -0.3 is 0 Å². The second-order valence-corrected chi connectivity index (χ2v) is 2.69. The van der Waals surface area contributed by atoms with Gasteiger partial charge in [-0.3, -0.25) is 0 Å². The van der Waals surface area contributed by atoms with Gasteiger partial charge in [-0.05, 0) is 17.7 Å². The Labute approximate surface area is 78.9 Å². The van der Waals surface area contributed by atoms with Crippen LogP contribution in [0.1, 0.15) is 5.56 Å². The number of hydrogen-bond acceptors (Lipinski definition) is 1. The topological polar surface area (TPSA) is 23.8 Å². The SMILES string of the molecule is N#CC=C(Cl)c1cc(F)cc(F)c1. The lowest BCUT2D eigenvalue weighted by Crippen LogP contribution is -1.84. The van der Waals surface area contributed by atoms with Gasteiger partial charge in [0.05, 0.1) is 11.1 Å². The molecule has 0 N–H and O–H groups in total. The predicted octanol–water partition coefficient (Wildman–Crippen LogP) is 3.07. The highest BCUT2D eigenvalue weighted by Gasteiger charge is 2.02. The molecular formula is C9H4ClF2N. The Morgan fingerprint density at radius 1 is 1.31 bits per heavy atom. The quantitative estimate of drug-likeness (QED) is 0.638. The van der Waals surface area contributed by atoms with Crippen LogP contribution < -0.4 is 0 Å². The van der Waals surface area contributed by atoms with Crippen molar-refractivity contribution in [1.82, 2.24) is 0 Å². The summed E-state index contributed by atoms with van der Waals surface area (Å²) in [6, 6.07) is 4.51. The van der Waals surface area contributed by atoms with Crippen molar-refractivity contribution in [1.29, 1.82) is 5.26 Å². The number of rotatable bonds is 1. The molecule has 0 heterocycles. The number of halogens is 3. The summed E-state index contributed by atoms with van der Waals surface area (Å²) in [7, 11) is 0. The Hall–Kier alpha value is -1.40. The Balaban J connectivity index is 3.17. The van der Waals surface area contributed by atoms with Crippen LogP contribution in [0, 0.1) is 23.0 Å². The summed E-state index contributed by atoms with van der Waals surface area (Å²) < 4.78 is 25.2. The van der Waals surface area contributed by atoms with Gasteiger partial charge in [-0.15, -0.1) is 0 Å². The molecular weight excluding hydrogens is 196 g/mol. The number of allylic oxidation sites excluding steroid dienone is 1. The largest absolute Gasteiger partial charge is 0.207 e. The molecule has 0 bridgehead atoms. The third kappa shape index (κ3) is 2.53. The van der Waals surface area contributed by atoms with Crippen molar-refractivity contribution in [2.45, 2.75) is 0 Å². The summed E-state index contributed by atoms with van der Waals surface area (Å²) in [5.74, 6) is -1.45. The molecule has 0 unspecified atom stereocenters. The predicted molar refractivity (Wildman–Crippen MR) is 45.8 cm³/mol. The summed E-state index contributed by atoms with van der Waals surface area (Å²) in [6.45, 7) is 0. The zero-order valence-electron chi connectivity index (χ0n) is 6.39. The van der Waals surface area contributed by atoms with Crippen LogP contribution in [-0.2, 0) is 0 Å². The van der Waals surface area contributed by atoms with Crippen LogP contribution in [0.5, 0.6) is 0 Å².